The lowest BCUT2D eigenvalue weighted by atomic mass is 10.0. The van der Waals surface area contributed by atoms with Crippen molar-refractivity contribution in [3.8, 4) is 17.0 Å². The molecule has 0 aliphatic heterocycles. The van der Waals surface area contributed by atoms with E-state index in [1.54, 1.807) is 7.11 Å². The highest BCUT2D eigenvalue weighted by molar-refractivity contribution is 5.70. The molecular weight excluding hydrogens is 226 g/mol. The fourth-order valence-electron chi connectivity index (χ4n) is 2.46. The Morgan fingerprint density at radius 3 is 2.11 bits per heavy atom. The molecule has 0 aliphatic carbocycles. The predicted octanol–water partition coefficient (Wildman–Crippen LogP) is 2.60. The van der Waals surface area contributed by atoms with E-state index in [1.165, 1.54) is 0 Å². The van der Waals surface area contributed by atoms with Gasteiger partial charge in [-0.3, -0.25) is 4.68 Å². The maximum absolute atomic E-state index is 5.85. The van der Waals surface area contributed by atoms with Crippen LogP contribution >= 0.6 is 0 Å². The Labute approximate surface area is 107 Å². The first-order valence-corrected chi connectivity index (χ1v) is 5.90. The second-order valence-electron chi connectivity index (χ2n) is 4.63. The van der Waals surface area contributed by atoms with Crippen LogP contribution in [-0.2, 0) is 7.05 Å². The Balaban J connectivity index is 2.65. The second kappa shape index (κ2) is 4.37. The molecule has 0 saturated carbocycles. The van der Waals surface area contributed by atoms with Gasteiger partial charge in [0, 0.05) is 18.2 Å². The van der Waals surface area contributed by atoms with E-state index in [4.69, 9.17) is 10.5 Å². The third kappa shape index (κ3) is 1.83. The Morgan fingerprint density at radius 1 is 1.17 bits per heavy atom. The van der Waals surface area contributed by atoms with Crippen molar-refractivity contribution in [3.05, 3.63) is 28.8 Å². The number of hydrogen-bond donors (Lipinski definition) is 1. The van der Waals surface area contributed by atoms with E-state index in [0.29, 0.717) is 5.82 Å². The number of nitrogens with two attached hydrogens (primary N) is 1. The quantitative estimate of drug-likeness (QED) is 0.884. The molecule has 0 atom stereocenters. The third-order valence-electron chi connectivity index (χ3n) is 3.26. The highest BCUT2D eigenvalue weighted by Gasteiger charge is 2.14. The van der Waals surface area contributed by atoms with Gasteiger partial charge in [0.15, 0.2) is 0 Å². The predicted molar refractivity (Wildman–Crippen MR) is 73.8 cm³/mol. The van der Waals surface area contributed by atoms with Crippen LogP contribution in [0.25, 0.3) is 11.3 Å². The first-order valence-electron chi connectivity index (χ1n) is 5.90. The summed E-state index contributed by atoms with van der Waals surface area (Å²) in [7, 11) is 3.61. The number of hydrogen-bond acceptors (Lipinski definition) is 3. The van der Waals surface area contributed by atoms with Gasteiger partial charge in [0.1, 0.15) is 11.6 Å². The summed E-state index contributed by atoms with van der Waals surface area (Å²) in [5, 5.41) is 4.25. The first-order chi connectivity index (χ1) is 8.45. The largest absolute Gasteiger partial charge is 0.496 e. The molecule has 1 heterocycles. The summed E-state index contributed by atoms with van der Waals surface area (Å²) in [5.74, 6) is 1.52. The molecule has 4 heteroatoms. The van der Waals surface area contributed by atoms with E-state index in [-0.39, 0.29) is 0 Å². The maximum atomic E-state index is 5.85. The molecule has 4 nitrogen and oxygen atoms in total. The van der Waals surface area contributed by atoms with Gasteiger partial charge in [-0.05, 0) is 44.0 Å². The minimum atomic E-state index is 0.582. The van der Waals surface area contributed by atoms with Crippen molar-refractivity contribution in [2.75, 3.05) is 12.8 Å². The number of aryl methyl sites for hydroxylation is 3. The lowest BCUT2D eigenvalue weighted by molar-refractivity contribution is 0.408. The van der Waals surface area contributed by atoms with Crippen LogP contribution in [0.1, 0.15) is 16.7 Å². The molecule has 0 bridgehead atoms. The molecule has 2 rings (SSSR count). The van der Waals surface area contributed by atoms with E-state index < -0.39 is 0 Å². The van der Waals surface area contributed by atoms with Gasteiger partial charge < -0.3 is 10.5 Å². The molecular formula is C14H19N3O. The third-order valence-corrected chi connectivity index (χ3v) is 3.26. The maximum Gasteiger partial charge on any atom is 0.148 e. The van der Waals surface area contributed by atoms with E-state index in [2.05, 4.69) is 17.2 Å². The van der Waals surface area contributed by atoms with Crippen molar-refractivity contribution in [1.29, 1.82) is 0 Å². The number of anilines is 1. The van der Waals surface area contributed by atoms with Gasteiger partial charge in [0.2, 0.25) is 0 Å². The van der Waals surface area contributed by atoms with Crippen LogP contribution in [0.15, 0.2) is 12.1 Å². The standard InChI is InChI=1S/C14H19N3O/c1-8-6-11(7-9(2)13(8)18-5)12-10(3)14(15)16-17(12)4/h6-7H,1-5H3,(H2,15,16). The number of benzene rings is 1. The topological polar surface area (TPSA) is 53.1 Å². The number of nitrogen functional groups attached to an aromatic ring is 1. The summed E-state index contributed by atoms with van der Waals surface area (Å²) < 4.78 is 7.21. The van der Waals surface area contributed by atoms with E-state index in [1.807, 2.05) is 32.5 Å². The van der Waals surface area contributed by atoms with Crippen molar-refractivity contribution >= 4 is 5.82 Å². The van der Waals surface area contributed by atoms with Crippen molar-refractivity contribution in [1.82, 2.24) is 9.78 Å². The zero-order valence-electron chi connectivity index (χ0n) is 11.5. The molecule has 0 saturated heterocycles. The molecule has 1 aromatic carbocycles. The first kappa shape index (κ1) is 12.5. The summed E-state index contributed by atoms with van der Waals surface area (Å²) in [6, 6.07) is 4.21. The fourth-order valence-corrected chi connectivity index (χ4v) is 2.46. The number of aromatic nitrogens is 2. The number of ether oxygens (including phenoxy) is 1. The van der Waals surface area contributed by atoms with Crippen molar-refractivity contribution < 1.29 is 4.74 Å². The number of nitrogens with zero attached hydrogens (tertiary/aromatic N) is 2. The second-order valence-corrected chi connectivity index (χ2v) is 4.63. The molecule has 2 aromatic rings. The van der Waals surface area contributed by atoms with Crippen LogP contribution < -0.4 is 10.5 Å². The average Bonchev–Trinajstić information content (AvgIpc) is 2.52. The van der Waals surface area contributed by atoms with Crippen LogP contribution in [0.5, 0.6) is 5.75 Å². The van der Waals surface area contributed by atoms with Crippen LogP contribution in [-0.4, -0.2) is 16.9 Å². The number of methoxy groups -OCH3 is 1. The summed E-state index contributed by atoms with van der Waals surface area (Å²) in [6.45, 7) is 6.08. The highest BCUT2D eigenvalue weighted by Crippen LogP contribution is 2.32. The monoisotopic (exact) mass is 245 g/mol. The van der Waals surface area contributed by atoms with Crippen molar-refractivity contribution in [2.45, 2.75) is 20.8 Å². The summed E-state index contributed by atoms with van der Waals surface area (Å²) in [6.07, 6.45) is 0. The Morgan fingerprint density at radius 2 is 1.72 bits per heavy atom. The van der Waals surface area contributed by atoms with Crippen LogP contribution in [0, 0.1) is 20.8 Å². The zero-order chi connectivity index (χ0) is 13.4. The zero-order valence-corrected chi connectivity index (χ0v) is 11.5. The molecule has 0 radical (unpaired) electrons. The molecule has 0 fully saturated rings. The molecule has 0 aliphatic rings. The van der Waals surface area contributed by atoms with Crippen LogP contribution in [0.4, 0.5) is 5.82 Å². The van der Waals surface area contributed by atoms with Gasteiger partial charge in [0.05, 0.1) is 12.8 Å². The van der Waals surface area contributed by atoms with Crippen LogP contribution in [0.3, 0.4) is 0 Å². The van der Waals surface area contributed by atoms with Gasteiger partial charge in [-0.1, -0.05) is 0 Å². The van der Waals surface area contributed by atoms with Crippen molar-refractivity contribution in [3.63, 3.8) is 0 Å². The Hall–Kier alpha value is -1.97. The molecule has 18 heavy (non-hydrogen) atoms. The number of rotatable bonds is 2. The van der Waals surface area contributed by atoms with Gasteiger partial charge in [0.25, 0.3) is 0 Å². The molecule has 96 valence electrons. The van der Waals surface area contributed by atoms with Crippen LogP contribution in [0.2, 0.25) is 0 Å². The van der Waals surface area contributed by atoms with Gasteiger partial charge >= 0.3 is 0 Å². The fraction of sp³-hybridized carbons (Fsp3) is 0.357. The van der Waals surface area contributed by atoms with Gasteiger partial charge in [-0.25, -0.2) is 0 Å². The highest BCUT2D eigenvalue weighted by atomic mass is 16.5. The normalized spacial score (nSPS) is 10.7. The van der Waals surface area contributed by atoms with Crippen molar-refractivity contribution in [2.24, 2.45) is 7.05 Å². The molecule has 0 unspecified atom stereocenters. The summed E-state index contributed by atoms with van der Waals surface area (Å²) in [5.41, 5.74) is 11.3. The molecule has 1 aromatic heterocycles. The van der Waals surface area contributed by atoms with Gasteiger partial charge in [-0.2, -0.15) is 5.10 Å². The van der Waals surface area contributed by atoms with E-state index >= 15 is 0 Å². The summed E-state index contributed by atoms with van der Waals surface area (Å²) in [4.78, 5) is 0. The smallest absolute Gasteiger partial charge is 0.148 e. The Kier molecular flexibility index (Phi) is 3.03. The van der Waals surface area contributed by atoms with E-state index in [9.17, 15) is 0 Å². The SMILES string of the molecule is COc1c(C)cc(-c2c(C)c(N)nn2C)cc1C. The average molecular weight is 245 g/mol. The molecule has 0 amide bonds. The minimum absolute atomic E-state index is 0.582. The van der Waals surface area contributed by atoms with E-state index in [0.717, 1.165) is 33.7 Å². The molecule has 2 N–H and O–H groups in total. The van der Waals surface area contributed by atoms with Gasteiger partial charge in [-0.15, -0.1) is 0 Å². The lowest BCUT2D eigenvalue weighted by Gasteiger charge is -2.12. The summed E-state index contributed by atoms with van der Waals surface area (Å²) >= 11 is 0. The lowest BCUT2D eigenvalue weighted by Crippen LogP contribution is -1.97. The minimum Gasteiger partial charge on any atom is -0.496 e. The Bertz CT molecular complexity index is 576. The molecule has 0 spiro atoms.